The van der Waals surface area contributed by atoms with Crippen molar-refractivity contribution in [2.75, 3.05) is 18.4 Å². The van der Waals surface area contributed by atoms with Gasteiger partial charge in [-0.15, -0.1) is 0 Å². The molecule has 7 heteroatoms. The van der Waals surface area contributed by atoms with Crippen molar-refractivity contribution in [2.45, 2.75) is 39.5 Å². The molecule has 1 saturated heterocycles. The molecular weight excluding hydrogens is 412 g/mol. The summed E-state index contributed by atoms with van der Waals surface area (Å²) in [7, 11) is 0. The highest BCUT2D eigenvalue weighted by molar-refractivity contribution is 6.04. The number of hydrogen-bond donors (Lipinski definition) is 2. The minimum atomic E-state index is -0.0216. The Balaban J connectivity index is 1.38. The first-order chi connectivity index (χ1) is 16.0. The van der Waals surface area contributed by atoms with E-state index < -0.39 is 0 Å². The number of amides is 1. The van der Waals surface area contributed by atoms with Gasteiger partial charge in [0, 0.05) is 47.7 Å². The smallest absolute Gasteiger partial charge is 0.275 e. The molecule has 0 saturated carbocycles. The van der Waals surface area contributed by atoms with Crippen LogP contribution in [0.1, 0.15) is 51.8 Å². The Morgan fingerprint density at radius 3 is 2.88 bits per heavy atom. The van der Waals surface area contributed by atoms with Crippen molar-refractivity contribution in [1.29, 1.82) is 0 Å². The molecule has 1 fully saturated rings. The third-order valence-electron chi connectivity index (χ3n) is 6.29. The Kier molecular flexibility index (Phi) is 5.54. The number of rotatable bonds is 4. The summed E-state index contributed by atoms with van der Waals surface area (Å²) in [5, 5.41) is 11.7. The van der Waals surface area contributed by atoms with E-state index in [0.29, 0.717) is 12.2 Å². The lowest BCUT2D eigenvalue weighted by molar-refractivity contribution is 0.0702. The second kappa shape index (κ2) is 8.65. The lowest BCUT2D eigenvalue weighted by atomic mass is 9.93. The summed E-state index contributed by atoms with van der Waals surface area (Å²) in [6.45, 7) is 7.44. The maximum absolute atomic E-state index is 13.4. The fourth-order valence-corrected chi connectivity index (χ4v) is 4.57. The predicted octanol–water partition coefficient (Wildman–Crippen LogP) is 5.04. The molecule has 1 aliphatic rings. The van der Waals surface area contributed by atoms with E-state index in [0.717, 1.165) is 64.3 Å². The van der Waals surface area contributed by atoms with Gasteiger partial charge in [-0.2, -0.15) is 5.10 Å². The first-order valence-corrected chi connectivity index (χ1v) is 11.4. The molecule has 7 nitrogen and oxygen atoms in total. The molecular formula is C26H28N6O. The van der Waals surface area contributed by atoms with Crippen LogP contribution in [-0.4, -0.2) is 44.1 Å². The van der Waals surface area contributed by atoms with Gasteiger partial charge in [0.05, 0.1) is 5.52 Å². The zero-order chi connectivity index (χ0) is 22.9. The summed E-state index contributed by atoms with van der Waals surface area (Å²) in [5.41, 5.74) is 6.51. The van der Waals surface area contributed by atoms with Crippen molar-refractivity contribution < 1.29 is 4.79 Å². The number of nitrogens with zero attached hydrogens (tertiary/aromatic N) is 4. The number of anilines is 2. The maximum atomic E-state index is 13.4. The van der Waals surface area contributed by atoms with E-state index in [1.165, 1.54) is 0 Å². The van der Waals surface area contributed by atoms with Gasteiger partial charge in [0.2, 0.25) is 0 Å². The molecule has 0 spiro atoms. The molecule has 0 aliphatic carbocycles. The number of piperidine rings is 1. The summed E-state index contributed by atoms with van der Waals surface area (Å²) < 4.78 is 0. The van der Waals surface area contributed by atoms with Crippen LogP contribution in [0.25, 0.3) is 10.9 Å². The Hall–Kier alpha value is -3.74. The number of hydrogen-bond acceptors (Lipinski definition) is 5. The van der Waals surface area contributed by atoms with Crippen LogP contribution < -0.4 is 5.32 Å². The van der Waals surface area contributed by atoms with Crippen LogP contribution in [0.15, 0.2) is 48.7 Å². The molecule has 0 bridgehead atoms. The first kappa shape index (κ1) is 21.1. The normalized spacial score (nSPS) is 16.2. The maximum Gasteiger partial charge on any atom is 0.275 e. The van der Waals surface area contributed by atoms with Crippen molar-refractivity contribution in [2.24, 2.45) is 0 Å². The zero-order valence-electron chi connectivity index (χ0n) is 19.2. The van der Waals surface area contributed by atoms with Crippen LogP contribution in [-0.2, 0) is 0 Å². The zero-order valence-corrected chi connectivity index (χ0v) is 19.2. The van der Waals surface area contributed by atoms with Gasteiger partial charge in [-0.25, -0.2) is 4.98 Å². The largest absolute Gasteiger partial charge is 0.340 e. The predicted molar refractivity (Wildman–Crippen MR) is 130 cm³/mol. The minimum Gasteiger partial charge on any atom is -0.340 e. The third-order valence-corrected chi connectivity index (χ3v) is 6.29. The molecule has 1 aliphatic heterocycles. The topological polar surface area (TPSA) is 86.8 Å². The lowest BCUT2D eigenvalue weighted by Gasteiger charge is -2.32. The number of likely N-dealkylation sites (tertiary alicyclic amines) is 1. The van der Waals surface area contributed by atoms with Crippen LogP contribution in [0, 0.1) is 20.8 Å². The number of nitrogens with one attached hydrogen (secondary N) is 2. The van der Waals surface area contributed by atoms with Crippen LogP contribution in [0.2, 0.25) is 0 Å². The number of carbonyl (C=O) groups excluding carboxylic acids is 1. The number of H-pyrrole nitrogens is 1. The van der Waals surface area contributed by atoms with Gasteiger partial charge >= 0.3 is 0 Å². The van der Waals surface area contributed by atoms with Crippen molar-refractivity contribution in [3.63, 3.8) is 0 Å². The summed E-state index contributed by atoms with van der Waals surface area (Å²) in [6.07, 6.45) is 3.73. The summed E-state index contributed by atoms with van der Waals surface area (Å²) >= 11 is 0. The van der Waals surface area contributed by atoms with Crippen molar-refractivity contribution in [3.05, 3.63) is 76.9 Å². The lowest BCUT2D eigenvalue weighted by Crippen LogP contribution is -2.39. The van der Waals surface area contributed by atoms with E-state index in [4.69, 9.17) is 4.98 Å². The molecule has 4 aromatic rings. The highest BCUT2D eigenvalue weighted by atomic mass is 16.2. The molecule has 4 heterocycles. The van der Waals surface area contributed by atoms with Gasteiger partial charge in [-0.05, 0) is 69.5 Å². The quantitative estimate of drug-likeness (QED) is 0.464. The second-order valence-electron chi connectivity index (χ2n) is 8.93. The Labute approximate surface area is 193 Å². The number of aromatic nitrogens is 4. The minimum absolute atomic E-state index is 0.0216. The number of aryl methyl sites for hydroxylation is 3. The molecule has 1 atom stereocenters. The van der Waals surface area contributed by atoms with E-state index in [9.17, 15) is 4.79 Å². The van der Waals surface area contributed by atoms with Gasteiger partial charge in [-0.3, -0.25) is 14.9 Å². The van der Waals surface area contributed by atoms with E-state index in [1.807, 2.05) is 62.1 Å². The molecule has 168 valence electrons. The van der Waals surface area contributed by atoms with Crippen LogP contribution >= 0.6 is 0 Å². The molecule has 1 amide bonds. The Morgan fingerprint density at radius 2 is 2.03 bits per heavy atom. The highest BCUT2D eigenvalue weighted by Crippen LogP contribution is 2.30. The van der Waals surface area contributed by atoms with Crippen molar-refractivity contribution in [3.8, 4) is 0 Å². The van der Waals surface area contributed by atoms with Crippen molar-refractivity contribution >= 4 is 28.3 Å². The van der Waals surface area contributed by atoms with Crippen LogP contribution in [0.4, 0.5) is 11.5 Å². The van der Waals surface area contributed by atoms with Gasteiger partial charge in [-0.1, -0.05) is 17.7 Å². The SMILES string of the molecule is Cc1ccc2[nH]nc(C(=O)N3CCC[C@@H](c4cc(Nc5ncccc5C)cc(C)n4)C3)c2c1. The average Bonchev–Trinajstić information content (AvgIpc) is 3.23. The number of pyridine rings is 2. The van der Waals surface area contributed by atoms with E-state index in [2.05, 4.69) is 26.6 Å². The van der Waals surface area contributed by atoms with Gasteiger partial charge in [0.1, 0.15) is 5.82 Å². The molecule has 33 heavy (non-hydrogen) atoms. The molecule has 0 radical (unpaired) electrons. The number of aromatic amines is 1. The first-order valence-electron chi connectivity index (χ1n) is 11.4. The summed E-state index contributed by atoms with van der Waals surface area (Å²) in [6, 6.07) is 14.1. The van der Waals surface area contributed by atoms with Crippen molar-refractivity contribution in [1.82, 2.24) is 25.1 Å². The van der Waals surface area contributed by atoms with Gasteiger partial charge in [0.15, 0.2) is 5.69 Å². The highest BCUT2D eigenvalue weighted by Gasteiger charge is 2.29. The van der Waals surface area contributed by atoms with Gasteiger partial charge in [0.25, 0.3) is 5.91 Å². The average molecular weight is 441 g/mol. The number of carbonyl (C=O) groups is 1. The summed E-state index contributed by atoms with van der Waals surface area (Å²) in [4.78, 5) is 24.6. The fourth-order valence-electron chi connectivity index (χ4n) is 4.57. The molecule has 1 aromatic carbocycles. The van der Waals surface area contributed by atoms with Crippen LogP contribution in [0.3, 0.4) is 0 Å². The monoisotopic (exact) mass is 440 g/mol. The van der Waals surface area contributed by atoms with Gasteiger partial charge < -0.3 is 10.2 Å². The van der Waals surface area contributed by atoms with Crippen LogP contribution in [0.5, 0.6) is 0 Å². The van der Waals surface area contributed by atoms with E-state index in [-0.39, 0.29) is 11.8 Å². The molecule has 3 aromatic heterocycles. The van der Waals surface area contributed by atoms with E-state index >= 15 is 0 Å². The second-order valence-corrected chi connectivity index (χ2v) is 8.93. The molecule has 0 unspecified atom stereocenters. The number of fused-ring (bicyclic) bond motifs is 1. The summed E-state index contributed by atoms with van der Waals surface area (Å²) in [5.74, 6) is 1.00. The Bertz CT molecular complexity index is 1330. The van der Waals surface area contributed by atoms with E-state index in [1.54, 1.807) is 6.20 Å². The molecule has 2 N–H and O–H groups in total. The number of benzene rings is 1. The fraction of sp³-hybridized carbons (Fsp3) is 0.308. The standard InChI is InChI=1S/C26H28N6O/c1-16-8-9-22-21(12-16)24(31-30-22)26(33)32-11-5-7-19(15-32)23-14-20(13-18(3)28-23)29-25-17(2)6-4-10-27-25/h4,6,8-10,12-14,19H,5,7,11,15H2,1-3H3,(H,30,31)(H,27,28,29)/t19-/m1/s1. The third kappa shape index (κ3) is 4.31. The Morgan fingerprint density at radius 1 is 1.15 bits per heavy atom. The molecule has 5 rings (SSSR count).